The molecule has 0 bridgehead atoms. The second kappa shape index (κ2) is 6.78. The molecule has 3 nitrogen and oxygen atoms in total. The molecule has 1 saturated carbocycles. The van der Waals surface area contributed by atoms with Crippen molar-refractivity contribution in [3.8, 4) is 11.8 Å². The highest BCUT2D eigenvalue weighted by Crippen LogP contribution is 2.29. The fraction of sp³-hybridized carbons (Fsp3) is 0.500. The van der Waals surface area contributed by atoms with Gasteiger partial charge in [0.1, 0.15) is 0 Å². The molecule has 0 aliphatic heterocycles. The number of aliphatic hydroxyl groups excluding tert-OH is 1. The summed E-state index contributed by atoms with van der Waals surface area (Å²) < 4.78 is 0. The normalized spacial score (nSPS) is 16.1. The maximum absolute atomic E-state index is 12.5. The summed E-state index contributed by atoms with van der Waals surface area (Å²) in [6.07, 6.45) is 4.85. The fourth-order valence-electron chi connectivity index (χ4n) is 2.79. The van der Waals surface area contributed by atoms with E-state index in [2.05, 4.69) is 24.1 Å². The molecule has 112 valence electrons. The van der Waals surface area contributed by atoms with Gasteiger partial charge in [-0.3, -0.25) is 4.79 Å². The van der Waals surface area contributed by atoms with Crippen molar-refractivity contribution >= 4 is 5.91 Å². The van der Waals surface area contributed by atoms with E-state index in [4.69, 9.17) is 5.11 Å². The molecule has 0 atom stereocenters. The average molecular weight is 285 g/mol. The van der Waals surface area contributed by atoms with Gasteiger partial charge in [-0.1, -0.05) is 30.7 Å². The first-order valence-electron chi connectivity index (χ1n) is 7.57. The first kappa shape index (κ1) is 15.6. The highest BCUT2D eigenvalue weighted by Gasteiger charge is 2.30. The van der Waals surface area contributed by atoms with Crippen molar-refractivity contribution in [3.05, 3.63) is 34.9 Å². The number of carbonyl (C=O) groups excluding carboxylic acids is 1. The lowest BCUT2D eigenvalue weighted by Gasteiger charge is -2.25. The zero-order chi connectivity index (χ0) is 15.3. The number of rotatable bonds is 3. The van der Waals surface area contributed by atoms with Crippen LogP contribution in [0.3, 0.4) is 0 Å². The van der Waals surface area contributed by atoms with Crippen LogP contribution >= 0.6 is 0 Å². The van der Waals surface area contributed by atoms with Crippen molar-refractivity contribution in [2.24, 2.45) is 0 Å². The Balaban J connectivity index is 2.22. The predicted octanol–water partition coefficient (Wildman–Crippen LogP) is 2.79. The summed E-state index contributed by atoms with van der Waals surface area (Å²) in [4.78, 5) is 12.5. The van der Waals surface area contributed by atoms with Gasteiger partial charge in [0.25, 0.3) is 5.91 Å². The van der Waals surface area contributed by atoms with Crippen molar-refractivity contribution in [1.82, 2.24) is 5.32 Å². The highest BCUT2D eigenvalue weighted by atomic mass is 16.2. The first-order chi connectivity index (χ1) is 10.0. The maximum Gasteiger partial charge on any atom is 0.252 e. The number of aliphatic hydroxyl groups is 1. The van der Waals surface area contributed by atoms with Gasteiger partial charge in [-0.2, -0.15) is 0 Å². The van der Waals surface area contributed by atoms with E-state index in [0.717, 1.165) is 24.0 Å². The number of carbonyl (C=O) groups is 1. The molecule has 0 heterocycles. The van der Waals surface area contributed by atoms with E-state index in [0.29, 0.717) is 12.0 Å². The smallest absolute Gasteiger partial charge is 0.252 e. The quantitative estimate of drug-likeness (QED) is 0.839. The summed E-state index contributed by atoms with van der Waals surface area (Å²) in [5, 5.41) is 12.0. The molecule has 0 spiro atoms. The SMILES string of the molecule is Cc1ccc(C(=O)NC2(C)CCCC2)c(C#CCCO)c1. The number of hydrogen-bond donors (Lipinski definition) is 2. The van der Waals surface area contributed by atoms with Gasteiger partial charge < -0.3 is 10.4 Å². The Morgan fingerprint density at radius 2 is 2.10 bits per heavy atom. The molecular weight excluding hydrogens is 262 g/mol. The average Bonchev–Trinajstić information content (AvgIpc) is 2.85. The largest absolute Gasteiger partial charge is 0.395 e. The van der Waals surface area contributed by atoms with Crippen LogP contribution in [0.25, 0.3) is 0 Å². The van der Waals surface area contributed by atoms with E-state index in [1.807, 2.05) is 25.1 Å². The Bertz CT molecular complexity index is 575. The minimum Gasteiger partial charge on any atom is -0.395 e. The monoisotopic (exact) mass is 285 g/mol. The third kappa shape index (κ3) is 4.09. The molecule has 1 fully saturated rings. The lowest BCUT2D eigenvalue weighted by Crippen LogP contribution is -2.43. The summed E-state index contributed by atoms with van der Waals surface area (Å²) in [6, 6.07) is 5.70. The number of hydrogen-bond acceptors (Lipinski definition) is 2. The van der Waals surface area contributed by atoms with Crippen LogP contribution < -0.4 is 5.32 Å². The molecule has 1 aliphatic rings. The van der Waals surface area contributed by atoms with Crippen molar-refractivity contribution < 1.29 is 9.90 Å². The Labute approximate surface area is 126 Å². The Morgan fingerprint density at radius 1 is 1.38 bits per heavy atom. The van der Waals surface area contributed by atoms with Gasteiger partial charge in [-0.25, -0.2) is 0 Å². The standard InChI is InChI=1S/C18H23NO2/c1-14-8-9-16(15(13-14)7-3-6-12-20)17(21)19-18(2)10-4-5-11-18/h8-9,13,20H,4-6,10-12H2,1-2H3,(H,19,21). The molecule has 1 amide bonds. The van der Waals surface area contributed by atoms with Crippen LogP contribution in [0.4, 0.5) is 0 Å². The maximum atomic E-state index is 12.5. The molecule has 1 aromatic carbocycles. The molecule has 21 heavy (non-hydrogen) atoms. The Morgan fingerprint density at radius 3 is 2.76 bits per heavy atom. The molecule has 1 aliphatic carbocycles. The molecule has 0 unspecified atom stereocenters. The van der Waals surface area contributed by atoms with Gasteiger partial charge >= 0.3 is 0 Å². The van der Waals surface area contributed by atoms with Gasteiger partial charge in [-0.15, -0.1) is 0 Å². The van der Waals surface area contributed by atoms with E-state index in [1.54, 1.807) is 0 Å². The van der Waals surface area contributed by atoms with E-state index in [9.17, 15) is 4.79 Å². The molecular formula is C18H23NO2. The van der Waals surface area contributed by atoms with Crippen LogP contribution in [-0.4, -0.2) is 23.2 Å². The molecule has 2 rings (SSSR count). The number of nitrogens with one attached hydrogen (secondary N) is 1. The van der Waals surface area contributed by atoms with Crippen LogP contribution in [0.2, 0.25) is 0 Å². The van der Waals surface area contributed by atoms with Crippen LogP contribution in [-0.2, 0) is 0 Å². The minimum absolute atomic E-state index is 0.0401. The van der Waals surface area contributed by atoms with Crippen LogP contribution in [0, 0.1) is 18.8 Å². The van der Waals surface area contributed by atoms with E-state index in [1.165, 1.54) is 12.8 Å². The highest BCUT2D eigenvalue weighted by molar-refractivity contribution is 5.97. The van der Waals surface area contributed by atoms with Gasteiger partial charge in [-0.05, 0) is 44.4 Å². The number of benzene rings is 1. The summed E-state index contributed by atoms with van der Waals surface area (Å²) in [7, 11) is 0. The topological polar surface area (TPSA) is 49.3 Å². The summed E-state index contributed by atoms with van der Waals surface area (Å²) in [5.41, 5.74) is 2.35. The molecule has 1 aromatic rings. The van der Waals surface area contributed by atoms with Crippen LogP contribution in [0.1, 0.15) is 60.5 Å². The van der Waals surface area contributed by atoms with Crippen LogP contribution in [0.15, 0.2) is 18.2 Å². The fourth-order valence-corrected chi connectivity index (χ4v) is 2.79. The van der Waals surface area contributed by atoms with Crippen molar-refractivity contribution in [2.75, 3.05) is 6.61 Å². The third-order valence-electron chi connectivity index (χ3n) is 4.00. The number of amides is 1. The number of aryl methyl sites for hydroxylation is 1. The van der Waals surface area contributed by atoms with Gasteiger partial charge in [0.2, 0.25) is 0 Å². The zero-order valence-corrected chi connectivity index (χ0v) is 12.8. The second-order valence-corrected chi connectivity index (χ2v) is 6.05. The Hall–Kier alpha value is -1.79. The van der Waals surface area contributed by atoms with E-state index >= 15 is 0 Å². The predicted molar refractivity (Wildman–Crippen MR) is 84.1 cm³/mol. The molecule has 0 aromatic heterocycles. The minimum atomic E-state index is -0.0855. The van der Waals surface area contributed by atoms with Crippen molar-refractivity contribution in [2.45, 2.75) is 51.5 Å². The summed E-state index contributed by atoms with van der Waals surface area (Å²) in [5.74, 6) is 5.85. The van der Waals surface area contributed by atoms with Crippen LogP contribution in [0.5, 0.6) is 0 Å². The summed E-state index contributed by atoms with van der Waals surface area (Å²) >= 11 is 0. The molecule has 2 N–H and O–H groups in total. The molecule has 3 heteroatoms. The lowest BCUT2D eigenvalue weighted by molar-refractivity contribution is 0.0908. The molecule has 0 saturated heterocycles. The van der Waals surface area contributed by atoms with E-state index < -0.39 is 0 Å². The van der Waals surface area contributed by atoms with Gasteiger partial charge in [0.15, 0.2) is 0 Å². The van der Waals surface area contributed by atoms with Crippen molar-refractivity contribution in [3.63, 3.8) is 0 Å². The first-order valence-corrected chi connectivity index (χ1v) is 7.57. The lowest BCUT2D eigenvalue weighted by atomic mass is 9.98. The second-order valence-electron chi connectivity index (χ2n) is 6.05. The van der Waals surface area contributed by atoms with Crippen molar-refractivity contribution in [1.29, 1.82) is 0 Å². The summed E-state index contributed by atoms with van der Waals surface area (Å²) in [6.45, 7) is 4.14. The van der Waals surface area contributed by atoms with E-state index in [-0.39, 0.29) is 18.1 Å². The molecule has 0 radical (unpaired) electrons. The van der Waals surface area contributed by atoms with Gasteiger partial charge in [0.05, 0.1) is 12.2 Å². The zero-order valence-electron chi connectivity index (χ0n) is 12.8. The van der Waals surface area contributed by atoms with Gasteiger partial charge in [0, 0.05) is 17.5 Å². The third-order valence-corrected chi connectivity index (χ3v) is 4.00. The Kier molecular flexibility index (Phi) is 5.03.